The van der Waals surface area contributed by atoms with Gasteiger partial charge in [0.05, 0.1) is 20.4 Å². The fourth-order valence-corrected chi connectivity index (χ4v) is 1.69. The molecule has 10 heteroatoms. The standard InChI is InChI=1S/C14H12F3N3O4/c1-22-12-10(7-18-13(20-12)23-2)19-11(21)8-3-5-9(6-4-8)24-14(15,16)17/h3-7H,1-2H3,(H,19,21). The number of halogens is 3. The predicted octanol–water partition coefficient (Wildman–Crippen LogP) is 2.64. The van der Waals surface area contributed by atoms with E-state index in [2.05, 4.69) is 20.0 Å². The minimum absolute atomic E-state index is 0.0542. The van der Waals surface area contributed by atoms with E-state index >= 15 is 0 Å². The van der Waals surface area contributed by atoms with Crippen LogP contribution in [0.3, 0.4) is 0 Å². The molecule has 0 saturated heterocycles. The quantitative estimate of drug-likeness (QED) is 0.899. The number of nitrogens with zero attached hydrogens (tertiary/aromatic N) is 2. The molecule has 0 spiro atoms. The van der Waals surface area contributed by atoms with Gasteiger partial charge in [0, 0.05) is 5.56 Å². The Labute approximate surface area is 134 Å². The SMILES string of the molecule is COc1ncc(NC(=O)c2ccc(OC(F)(F)F)cc2)c(OC)n1. The Morgan fingerprint density at radius 2 is 1.79 bits per heavy atom. The summed E-state index contributed by atoms with van der Waals surface area (Å²) < 4.78 is 49.9. The van der Waals surface area contributed by atoms with E-state index in [0.29, 0.717) is 0 Å². The molecule has 0 aliphatic heterocycles. The number of methoxy groups -OCH3 is 2. The van der Waals surface area contributed by atoms with Gasteiger partial charge in [-0.15, -0.1) is 13.2 Å². The van der Waals surface area contributed by atoms with Crippen LogP contribution in [0.15, 0.2) is 30.5 Å². The van der Waals surface area contributed by atoms with Gasteiger partial charge in [-0.25, -0.2) is 4.98 Å². The first kappa shape index (κ1) is 17.3. The smallest absolute Gasteiger partial charge is 0.479 e. The second kappa shape index (κ2) is 7.02. The zero-order chi connectivity index (χ0) is 17.7. The van der Waals surface area contributed by atoms with Gasteiger partial charge in [0.25, 0.3) is 5.91 Å². The van der Waals surface area contributed by atoms with Crippen molar-refractivity contribution >= 4 is 11.6 Å². The van der Waals surface area contributed by atoms with E-state index in [1.165, 1.54) is 32.5 Å². The first-order valence-electron chi connectivity index (χ1n) is 6.44. The summed E-state index contributed by atoms with van der Waals surface area (Å²) in [6.45, 7) is 0. The topological polar surface area (TPSA) is 82.6 Å². The number of benzene rings is 1. The summed E-state index contributed by atoms with van der Waals surface area (Å²) in [6.07, 6.45) is -3.51. The summed E-state index contributed by atoms with van der Waals surface area (Å²) >= 11 is 0. The Balaban J connectivity index is 2.12. The molecule has 0 saturated carbocycles. The lowest BCUT2D eigenvalue weighted by atomic mass is 10.2. The average molecular weight is 343 g/mol. The van der Waals surface area contributed by atoms with Crippen molar-refractivity contribution in [3.8, 4) is 17.6 Å². The van der Waals surface area contributed by atoms with Gasteiger partial charge in [-0.2, -0.15) is 4.98 Å². The lowest BCUT2D eigenvalue weighted by molar-refractivity contribution is -0.274. The summed E-state index contributed by atoms with van der Waals surface area (Å²) in [5.74, 6) is -0.933. The van der Waals surface area contributed by atoms with Crippen LogP contribution in [0.4, 0.5) is 18.9 Å². The molecule has 7 nitrogen and oxygen atoms in total. The zero-order valence-corrected chi connectivity index (χ0v) is 12.5. The molecule has 0 atom stereocenters. The maximum absolute atomic E-state index is 12.1. The summed E-state index contributed by atoms with van der Waals surface area (Å²) in [5, 5.41) is 2.49. The number of rotatable bonds is 5. The molecule has 128 valence electrons. The van der Waals surface area contributed by atoms with Crippen LogP contribution in [-0.2, 0) is 0 Å². The number of hydrogen-bond donors (Lipinski definition) is 1. The van der Waals surface area contributed by atoms with Crippen molar-refractivity contribution in [3.05, 3.63) is 36.0 Å². The molecule has 2 rings (SSSR count). The maximum atomic E-state index is 12.1. The molecule has 0 bridgehead atoms. The van der Waals surface area contributed by atoms with Crippen molar-refractivity contribution in [1.29, 1.82) is 0 Å². The van der Waals surface area contributed by atoms with Crippen molar-refractivity contribution in [1.82, 2.24) is 9.97 Å². The summed E-state index contributed by atoms with van der Waals surface area (Å²) in [6, 6.07) is 4.49. The van der Waals surface area contributed by atoms with E-state index in [1.54, 1.807) is 0 Å². The maximum Gasteiger partial charge on any atom is 0.573 e. The Morgan fingerprint density at radius 3 is 2.33 bits per heavy atom. The van der Waals surface area contributed by atoms with Crippen LogP contribution in [0, 0.1) is 0 Å². The normalized spacial score (nSPS) is 10.9. The van der Waals surface area contributed by atoms with Crippen LogP contribution in [-0.4, -0.2) is 36.5 Å². The van der Waals surface area contributed by atoms with Gasteiger partial charge in [0.1, 0.15) is 11.4 Å². The van der Waals surface area contributed by atoms with Gasteiger partial charge in [0.15, 0.2) is 0 Å². The third-order valence-electron chi connectivity index (χ3n) is 2.71. The van der Waals surface area contributed by atoms with E-state index in [9.17, 15) is 18.0 Å². The second-order valence-corrected chi connectivity index (χ2v) is 4.31. The van der Waals surface area contributed by atoms with Crippen molar-refractivity contribution in [3.63, 3.8) is 0 Å². The van der Waals surface area contributed by atoms with E-state index in [0.717, 1.165) is 12.1 Å². The number of carbonyl (C=O) groups is 1. The van der Waals surface area contributed by atoms with Gasteiger partial charge in [0.2, 0.25) is 5.88 Å². The Hall–Kier alpha value is -3.04. The molecule has 0 aliphatic carbocycles. The van der Waals surface area contributed by atoms with Crippen LogP contribution in [0.2, 0.25) is 0 Å². The van der Waals surface area contributed by atoms with E-state index < -0.39 is 18.0 Å². The largest absolute Gasteiger partial charge is 0.573 e. The molecule has 1 amide bonds. The molecule has 2 aromatic rings. The molecular weight excluding hydrogens is 331 g/mol. The number of ether oxygens (including phenoxy) is 3. The third kappa shape index (κ3) is 4.48. The molecule has 1 aromatic carbocycles. The molecule has 0 fully saturated rings. The third-order valence-corrected chi connectivity index (χ3v) is 2.71. The van der Waals surface area contributed by atoms with Gasteiger partial charge >= 0.3 is 12.4 Å². The monoisotopic (exact) mass is 343 g/mol. The molecule has 0 aliphatic rings. The molecule has 1 aromatic heterocycles. The molecule has 24 heavy (non-hydrogen) atoms. The first-order chi connectivity index (χ1) is 11.3. The highest BCUT2D eigenvalue weighted by atomic mass is 19.4. The van der Waals surface area contributed by atoms with Crippen LogP contribution < -0.4 is 19.5 Å². The lowest BCUT2D eigenvalue weighted by Crippen LogP contribution is -2.17. The van der Waals surface area contributed by atoms with Crippen molar-refractivity contribution in [2.75, 3.05) is 19.5 Å². The number of amides is 1. The Bertz CT molecular complexity index is 720. The number of aromatic nitrogens is 2. The van der Waals surface area contributed by atoms with Gasteiger partial charge in [-0.1, -0.05) is 0 Å². The fraction of sp³-hybridized carbons (Fsp3) is 0.214. The Morgan fingerprint density at radius 1 is 1.12 bits per heavy atom. The highest BCUT2D eigenvalue weighted by molar-refractivity contribution is 6.04. The van der Waals surface area contributed by atoms with Gasteiger partial charge in [-0.05, 0) is 24.3 Å². The minimum atomic E-state index is -4.79. The van der Waals surface area contributed by atoms with Crippen molar-refractivity contribution < 1.29 is 32.2 Å². The summed E-state index contributed by atoms with van der Waals surface area (Å²) in [5.41, 5.74) is 0.293. The van der Waals surface area contributed by atoms with Gasteiger partial charge in [-0.3, -0.25) is 4.79 Å². The lowest BCUT2D eigenvalue weighted by Gasteiger charge is -2.11. The summed E-state index contributed by atoms with van der Waals surface area (Å²) in [7, 11) is 2.72. The average Bonchev–Trinajstić information content (AvgIpc) is 2.54. The van der Waals surface area contributed by atoms with E-state index in [1.807, 2.05) is 0 Å². The Kier molecular flexibility index (Phi) is 5.07. The number of nitrogens with one attached hydrogen (secondary N) is 1. The van der Waals surface area contributed by atoms with E-state index in [4.69, 9.17) is 9.47 Å². The minimum Gasteiger partial charge on any atom is -0.479 e. The van der Waals surface area contributed by atoms with Crippen molar-refractivity contribution in [2.45, 2.75) is 6.36 Å². The second-order valence-electron chi connectivity index (χ2n) is 4.31. The zero-order valence-electron chi connectivity index (χ0n) is 12.5. The van der Waals surface area contributed by atoms with Crippen LogP contribution in [0.5, 0.6) is 17.6 Å². The van der Waals surface area contributed by atoms with Gasteiger partial charge < -0.3 is 19.5 Å². The van der Waals surface area contributed by atoms with E-state index in [-0.39, 0.29) is 23.1 Å². The molecule has 0 unspecified atom stereocenters. The number of anilines is 1. The number of alkyl halides is 3. The molecule has 0 radical (unpaired) electrons. The fourth-order valence-electron chi connectivity index (χ4n) is 1.69. The highest BCUT2D eigenvalue weighted by Gasteiger charge is 2.31. The first-order valence-corrected chi connectivity index (χ1v) is 6.44. The number of carbonyl (C=O) groups excluding carboxylic acids is 1. The summed E-state index contributed by atoms with van der Waals surface area (Å²) in [4.78, 5) is 19.8. The molecule has 1 heterocycles. The highest BCUT2D eigenvalue weighted by Crippen LogP contribution is 2.25. The number of hydrogen-bond acceptors (Lipinski definition) is 6. The molecule has 1 N–H and O–H groups in total. The molecular formula is C14H12F3N3O4. The van der Waals surface area contributed by atoms with Crippen LogP contribution >= 0.6 is 0 Å². The predicted molar refractivity (Wildman–Crippen MR) is 76.2 cm³/mol. The van der Waals surface area contributed by atoms with Crippen LogP contribution in [0.25, 0.3) is 0 Å². The van der Waals surface area contributed by atoms with Crippen molar-refractivity contribution in [2.24, 2.45) is 0 Å². The van der Waals surface area contributed by atoms with Crippen LogP contribution in [0.1, 0.15) is 10.4 Å².